The van der Waals surface area contributed by atoms with E-state index in [9.17, 15) is 4.79 Å². The van der Waals surface area contributed by atoms with E-state index in [-0.39, 0.29) is 51.3 Å². The zero-order valence-corrected chi connectivity index (χ0v) is 21.6. The molecule has 2 aromatic rings. The van der Waals surface area contributed by atoms with Crippen molar-refractivity contribution in [2.45, 2.75) is 59.9 Å². The van der Waals surface area contributed by atoms with Crippen LogP contribution in [0, 0.1) is 0 Å². The third kappa shape index (κ3) is 7.62. The van der Waals surface area contributed by atoms with Gasteiger partial charge in [0.2, 0.25) is 0 Å². The fraction of sp³-hybridized carbons (Fsp3) is 0.458. The van der Waals surface area contributed by atoms with Crippen molar-refractivity contribution in [1.82, 2.24) is 0 Å². The van der Waals surface area contributed by atoms with Gasteiger partial charge in [-0.15, -0.1) is 0 Å². The van der Waals surface area contributed by atoms with Crippen molar-refractivity contribution < 1.29 is 28.5 Å². The average Bonchev–Trinajstić information content (AvgIpc) is 2.68. The molecule has 0 heterocycles. The topological polar surface area (TPSA) is 63.2 Å². The molecule has 1 atom stereocenters. The molecular formula is C24H33LiO6P. The summed E-state index contributed by atoms with van der Waals surface area (Å²) < 4.78 is 28.9. The number of hydrogen-bond acceptors (Lipinski definition) is 6. The first kappa shape index (κ1) is 28.2. The van der Waals surface area contributed by atoms with Crippen LogP contribution in [0.5, 0.6) is 28.7 Å². The van der Waals surface area contributed by atoms with Gasteiger partial charge in [0.15, 0.2) is 5.52 Å². The van der Waals surface area contributed by atoms with E-state index in [0.29, 0.717) is 39.6 Å². The van der Waals surface area contributed by atoms with Gasteiger partial charge in [-0.2, -0.15) is 0 Å². The largest absolute Gasteiger partial charge is 0.496 e. The van der Waals surface area contributed by atoms with Gasteiger partial charge in [-0.05, 0) is 62.3 Å². The Morgan fingerprint density at radius 1 is 0.750 bits per heavy atom. The van der Waals surface area contributed by atoms with Crippen molar-refractivity contribution in [1.29, 1.82) is 0 Å². The van der Waals surface area contributed by atoms with Crippen molar-refractivity contribution in [2.24, 2.45) is 0 Å². The summed E-state index contributed by atoms with van der Waals surface area (Å²) in [5.41, 5.74) is 0.272. The van der Waals surface area contributed by atoms with E-state index in [0.717, 1.165) is 0 Å². The molecule has 0 saturated carbocycles. The predicted octanol–water partition coefficient (Wildman–Crippen LogP) is 4.83. The smallest absolute Gasteiger partial charge is 0.193 e. The van der Waals surface area contributed by atoms with E-state index < -0.39 is 0 Å². The van der Waals surface area contributed by atoms with E-state index in [4.69, 9.17) is 23.7 Å². The summed E-state index contributed by atoms with van der Waals surface area (Å²) in [6, 6.07) is 8.93. The number of hydrogen-bond donors (Lipinski definition) is 0. The predicted molar refractivity (Wildman–Crippen MR) is 131 cm³/mol. The number of ether oxygens (including phenoxy) is 5. The molecule has 171 valence electrons. The standard InChI is InChI=1S/C24H33O6P.Li/c1-14(2)28-17-12-20(29-15(3)4)23(21(13-17)30-16(5)6)31-24(25)22-18(26-7)10-9-11-19(22)27-8;/h9-16,31H,1-8H3;. The van der Waals surface area contributed by atoms with Crippen LogP contribution in [-0.2, 0) is 0 Å². The molecule has 0 bridgehead atoms. The van der Waals surface area contributed by atoms with Gasteiger partial charge in [-0.3, -0.25) is 4.79 Å². The van der Waals surface area contributed by atoms with Crippen LogP contribution in [0.2, 0.25) is 0 Å². The Labute approximate surface area is 205 Å². The second-order valence-electron chi connectivity index (χ2n) is 7.79. The molecule has 0 saturated heterocycles. The molecule has 0 aromatic heterocycles. The van der Waals surface area contributed by atoms with Gasteiger partial charge in [0.25, 0.3) is 0 Å². The second kappa shape index (κ2) is 13.0. The minimum absolute atomic E-state index is 0. The van der Waals surface area contributed by atoms with Crippen LogP contribution in [-0.4, -0.2) is 56.9 Å². The number of carbonyl (C=O) groups excluding carboxylic acids is 1. The minimum atomic E-state index is -0.261. The third-order valence-corrected chi connectivity index (χ3v) is 5.25. The number of benzene rings is 2. The molecule has 0 fully saturated rings. The maximum Gasteiger partial charge on any atom is 0.193 e. The molecular weight excluding hydrogens is 422 g/mol. The first-order chi connectivity index (χ1) is 14.7. The molecule has 1 unspecified atom stereocenters. The molecule has 0 aliphatic carbocycles. The van der Waals surface area contributed by atoms with Gasteiger partial charge < -0.3 is 23.7 Å². The average molecular weight is 455 g/mol. The fourth-order valence-electron chi connectivity index (χ4n) is 2.97. The molecule has 0 aliphatic heterocycles. The number of carbonyl (C=O) groups is 1. The third-order valence-electron chi connectivity index (χ3n) is 4.03. The molecule has 1 radical (unpaired) electrons. The monoisotopic (exact) mass is 455 g/mol. The van der Waals surface area contributed by atoms with Crippen molar-refractivity contribution in [3.05, 3.63) is 35.9 Å². The molecule has 2 aromatic carbocycles. The zero-order valence-electron chi connectivity index (χ0n) is 20.6. The van der Waals surface area contributed by atoms with Crippen LogP contribution in [0.4, 0.5) is 0 Å². The van der Waals surface area contributed by atoms with E-state index in [2.05, 4.69) is 0 Å². The molecule has 2 rings (SSSR count). The van der Waals surface area contributed by atoms with Crippen molar-refractivity contribution in [3.63, 3.8) is 0 Å². The molecule has 8 heteroatoms. The summed E-state index contributed by atoms with van der Waals surface area (Å²) >= 11 is 0. The molecule has 0 N–H and O–H groups in total. The van der Waals surface area contributed by atoms with Crippen molar-refractivity contribution in [2.75, 3.05) is 14.2 Å². The summed E-state index contributed by atoms with van der Waals surface area (Å²) in [7, 11) is 2.81. The normalized spacial score (nSPS) is 11.1. The van der Waals surface area contributed by atoms with Gasteiger partial charge in [0.1, 0.15) is 34.3 Å². The molecule has 0 aliphatic rings. The maximum absolute atomic E-state index is 13.4. The van der Waals surface area contributed by atoms with E-state index in [1.165, 1.54) is 14.2 Å². The Morgan fingerprint density at radius 3 is 1.56 bits per heavy atom. The van der Waals surface area contributed by atoms with Crippen LogP contribution >= 0.6 is 8.58 Å². The Balaban J connectivity index is 0.00000512. The van der Waals surface area contributed by atoms with Gasteiger partial charge in [0, 0.05) is 31.0 Å². The van der Waals surface area contributed by atoms with Crippen LogP contribution in [0.3, 0.4) is 0 Å². The Hall–Kier alpha value is -1.86. The zero-order chi connectivity index (χ0) is 23.1. The van der Waals surface area contributed by atoms with Gasteiger partial charge in [-0.1, -0.05) is 6.07 Å². The number of rotatable bonds is 11. The molecule has 32 heavy (non-hydrogen) atoms. The summed E-state index contributed by atoms with van der Waals surface area (Å²) in [6.07, 6.45) is -0.173. The van der Waals surface area contributed by atoms with Crippen molar-refractivity contribution >= 4 is 38.3 Å². The Morgan fingerprint density at radius 2 is 1.19 bits per heavy atom. The Kier molecular flexibility index (Phi) is 11.4. The molecule has 0 spiro atoms. The van der Waals surface area contributed by atoms with Gasteiger partial charge in [0.05, 0.1) is 37.8 Å². The Bertz CT molecular complexity index is 845. The van der Waals surface area contributed by atoms with Crippen LogP contribution in [0.15, 0.2) is 30.3 Å². The van der Waals surface area contributed by atoms with Crippen LogP contribution in [0.25, 0.3) is 0 Å². The summed E-state index contributed by atoms with van der Waals surface area (Å²) in [5, 5.41) is 0.691. The van der Waals surface area contributed by atoms with Gasteiger partial charge >= 0.3 is 0 Å². The van der Waals surface area contributed by atoms with Crippen LogP contribution in [0.1, 0.15) is 51.9 Å². The summed E-state index contributed by atoms with van der Waals surface area (Å²) in [5.74, 6) is 2.72. The first-order valence-corrected chi connectivity index (χ1v) is 11.4. The van der Waals surface area contributed by atoms with E-state index in [1.807, 2.05) is 53.7 Å². The fourth-order valence-corrected chi connectivity index (χ4v) is 4.08. The number of methoxy groups -OCH3 is 2. The first-order valence-electron chi connectivity index (χ1n) is 10.4. The van der Waals surface area contributed by atoms with E-state index in [1.54, 1.807) is 18.2 Å². The second-order valence-corrected chi connectivity index (χ2v) is 8.99. The van der Waals surface area contributed by atoms with E-state index >= 15 is 0 Å². The van der Waals surface area contributed by atoms with Crippen molar-refractivity contribution in [3.8, 4) is 28.7 Å². The minimum Gasteiger partial charge on any atom is -0.496 e. The SMILES string of the molecule is COc1cccc(OC)c1C(=O)Pc1c(OC(C)C)cc(OC(C)C)cc1OC(C)C.[Li]. The summed E-state index contributed by atoms with van der Waals surface area (Å²) in [4.78, 5) is 13.4. The quantitative estimate of drug-likeness (QED) is 0.357. The van der Waals surface area contributed by atoms with Gasteiger partial charge in [-0.25, -0.2) is 0 Å². The molecule has 0 amide bonds. The maximum atomic E-state index is 13.4. The molecule has 6 nitrogen and oxygen atoms in total. The van der Waals surface area contributed by atoms with Crippen LogP contribution < -0.4 is 29.0 Å². The summed E-state index contributed by atoms with van der Waals surface area (Å²) in [6.45, 7) is 11.7.